The number of carbonyl (C=O) groups excluding carboxylic acids is 1. The number of nitrogens with zero attached hydrogens (tertiary/aromatic N) is 2. The van der Waals surface area contributed by atoms with Gasteiger partial charge in [-0.1, -0.05) is 56.6 Å². The van der Waals surface area contributed by atoms with E-state index in [9.17, 15) is 14.7 Å². The number of carbonyl (C=O) groups is 2. The average molecular weight is 399 g/mol. The van der Waals surface area contributed by atoms with E-state index in [4.69, 9.17) is 11.6 Å². The maximum atomic E-state index is 12.8. The van der Waals surface area contributed by atoms with Crippen LogP contribution in [0.2, 0.25) is 5.15 Å². The van der Waals surface area contributed by atoms with E-state index in [0.717, 1.165) is 34.0 Å². The molecule has 0 fully saturated rings. The summed E-state index contributed by atoms with van der Waals surface area (Å²) in [6.07, 6.45) is 0.970. The molecular formula is C22H23ClN2O3. The smallest absolute Gasteiger partial charge is 0.316 e. The molecule has 1 aromatic carbocycles. The van der Waals surface area contributed by atoms with Crippen molar-refractivity contribution in [1.29, 1.82) is 0 Å². The summed E-state index contributed by atoms with van der Waals surface area (Å²) in [4.78, 5) is 30.6. The molecule has 0 radical (unpaired) electrons. The molecule has 2 aliphatic rings. The third-order valence-electron chi connectivity index (χ3n) is 6.06. The highest BCUT2D eigenvalue weighted by atomic mass is 35.5. The first kappa shape index (κ1) is 18.9. The summed E-state index contributed by atoms with van der Waals surface area (Å²) in [5.74, 6) is -2.42. The van der Waals surface area contributed by atoms with Crippen LogP contribution in [-0.2, 0) is 16.0 Å². The number of pyridine rings is 1. The number of benzene rings is 1. The number of hydrogen-bond donors (Lipinski definition) is 1. The minimum atomic E-state index is -1.08. The number of fused-ring (bicyclic) bond motifs is 4. The highest BCUT2D eigenvalue weighted by Crippen LogP contribution is 2.50. The van der Waals surface area contributed by atoms with E-state index in [1.54, 1.807) is 7.05 Å². The van der Waals surface area contributed by atoms with Crippen LogP contribution in [0.1, 0.15) is 38.4 Å². The molecule has 1 N–H and O–H groups in total. The number of aliphatic carboxylic acids is 1. The van der Waals surface area contributed by atoms with Gasteiger partial charge in [0.05, 0.1) is 11.4 Å². The zero-order chi connectivity index (χ0) is 20.4. The Kier molecular flexibility index (Phi) is 4.27. The number of hydrogen-bond acceptors (Lipinski definition) is 3. The first-order valence-electron chi connectivity index (χ1n) is 9.42. The summed E-state index contributed by atoms with van der Waals surface area (Å²) >= 11 is 6.48. The average Bonchev–Trinajstić information content (AvgIpc) is 2.63. The predicted octanol–water partition coefficient (Wildman–Crippen LogP) is 4.38. The van der Waals surface area contributed by atoms with Crippen LogP contribution < -0.4 is 0 Å². The lowest BCUT2D eigenvalue weighted by Gasteiger charge is -2.44. The molecule has 28 heavy (non-hydrogen) atoms. The summed E-state index contributed by atoms with van der Waals surface area (Å²) < 4.78 is 0. The van der Waals surface area contributed by atoms with Crippen LogP contribution in [0.25, 0.3) is 16.5 Å². The van der Waals surface area contributed by atoms with Gasteiger partial charge in [0.1, 0.15) is 11.1 Å². The van der Waals surface area contributed by atoms with Gasteiger partial charge in [0.2, 0.25) is 5.91 Å². The fourth-order valence-corrected chi connectivity index (χ4v) is 4.86. The standard InChI is InChI=1S/C22H23ClN2O3/c1-22(2,3)16-10-13-11-7-5-6-8-12(11)19(23)24-17(13)18-14(16)9-15(21(27)28)20(26)25(18)4/h5-8,15-16H,9-10H2,1-4H3,(H,27,28). The molecule has 0 bridgehead atoms. The van der Waals surface area contributed by atoms with E-state index < -0.39 is 17.8 Å². The highest BCUT2D eigenvalue weighted by Gasteiger charge is 2.45. The second-order valence-corrected chi connectivity index (χ2v) is 9.12. The minimum absolute atomic E-state index is 0.0940. The van der Waals surface area contributed by atoms with Gasteiger partial charge in [0, 0.05) is 12.4 Å². The first-order chi connectivity index (χ1) is 13.1. The lowest BCUT2D eigenvalue weighted by molar-refractivity contribution is -0.149. The SMILES string of the molecule is CN1C(=O)C(C(=O)O)CC2=C1c1nc(Cl)c3ccccc3c1CC2C(C)(C)C. The van der Waals surface area contributed by atoms with Crippen molar-refractivity contribution >= 4 is 39.9 Å². The van der Waals surface area contributed by atoms with Crippen molar-refractivity contribution in [2.45, 2.75) is 33.6 Å². The number of carboxylic acids is 1. The van der Waals surface area contributed by atoms with Crippen molar-refractivity contribution in [3.8, 4) is 0 Å². The third kappa shape index (κ3) is 2.72. The van der Waals surface area contributed by atoms with E-state index in [1.165, 1.54) is 4.90 Å². The van der Waals surface area contributed by atoms with E-state index in [1.807, 2.05) is 24.3 Å². The van der Waals surface area contributed by atoms with Crippen molar-refractivity contribution in [3.05, 3.63) is 46.2 Å². The van der Waals surface area contributed by atoms with Crippen LogP contribution in [-0.4, -0.2) is 33.9 Å². The van der Waals surface area contributed by atoms with Crippen LogP contribution in [0.4, 0.5) is 0 Å². The Bertz CT molecular complexity index is 1050. The molecule has 2 aromatic rings. The lowest BCUT2D eigenvalue weighted by Crippen LogP contribution is -2.45. The van der Waals surface area contributed by atoms with E-state index in [0.29, 0.717) is 10.8 Å². The topological polar surface area (TPSA) is 70.5 Å². The molecule has 146 valence electrons. The van der Waals surface area contributed by atoms with Crippen molar-refractivity contribution in [2.75, 3.05) is 7.05 Å². The molecule has 1 aliphatic carbocycles. The van der Waals surface area contributed by atoms with E-state index in [2.05, 4.69) is 25.8 Å². The Balaban J connectivity index is 2.05. The molecule has 4 rings (SSSR count). The number of amides is 1. The summed E-state index contributed by atoms with van der Waals surface area (Å²) in [5, 5.41) is 11.9. The maximum Gasteiger partial charge on any atom is 0.316 e. The number of rotatable bonds is 1. The summed E-state index contributed by atoms with van der Waals surface area (Å²) in [6, 6.07) is 7.91. The second-order valence-electron chi connectivity index (χ2n) is 8.76. The van der Waals surface area contributed by atoms with Crippen molar-refractivity contribution in [3.63, 3.8) is 0 Å². The zero-order valence-corrected chi connectivity index (χ0v) is 17.2. The van der Waals surface area contributed by atoms with Gasteiger partial charge < -0.3 is 10.0 Å². The largest absolute Gasteiger partial charge is 0.481 e. The van der Waals surface area contributed by atoms with Crippen LogP contribution in [0.3, 0.4) is 0 Å². The van der Waals surface area contributed by atoms with Crippen LogP contribution in [0.15, 0.2) is 29.8 Å². The van der Waals surface area contributed by atoms with E-state index in [-0.39, 0.29) is 17.8 Å². The van der Waals surface area contributed by atoms with Crippen LogP contribution in [0.5, 0.6) is 0 Å². The Morgan fingerprint density at radius 3 is 2.46 bits per heavy atom. The van der Waals surface area contributed by atoms with E-state index >= 15 is 0 Å². The normalized spacial score (nSPS) is 22.3. The molecule has 2 atom stereocenters. The molecule has 6 heteroatoms. The molecular weight excluding hydrogens is 376 g/mol. The fourth-order valence-electron chi connectivity index (χ4n) is 4.61. The number of aromatic nitrogens is 1. The Labute approximate surface area is 169 Å². The fraction of sp³-hybridized carbons (Fsp3) is 0.409. The lowest BCUT2D eigenvalue weighted by atomic mass is 9.66. The van der Waals surface area contributed by atoms with Crippen molar-refractivity contribution in [2.24, 2.45) is 17.3 Å². The van der Waals surface area contributed by atoms with Crippen LogP contribution in [0, 0.1) is 17.3 Å². The highest BCUT2D eigenvalue weighted by molar-refractivity contribution is 6.34. The maximum absolute atomic E-state index is 12.8. The molecule has 1 amide bonds. The molecule has 0 saturated heterocycles. The van der Waals surface area contributed by atoms with Gasteiger partial charge in [-0.05, 0) is 40.7 Å². The van der Waals surface area contributed by atoms with Crippen LogP contribution >= 0.6 is 11.6 Å². The monoisotopic (exact) mass is 398 g/mol. The molecule has 0 spiro atoms. The minimum Gasteiger partial charge on any atom is -0.481 e. The molecule has 1 aromatic heterocycles. The van der Waals surface area contributed by atoms with Gasteiger partial charge in [0.15, 0.2) is 0 Å². The predicted molar refractivity (Wildman–Crippen MR) is 109 cm³/mol. The van der Waals surface area contributed by atoms with Crippen molar-refractivity contribution < 1.29 is 14.7 Å². The Morgan fingerprint density at radius 1 is 1.21 bits per heavy atom. The number of carboxylic acid groups (broad SMARTS) is 1. The molecule has 2 unspecified atom stereocenters. The third-order valence-corrected chi connectivity index (χ3v) is 6.35. The summed E-state index contributed by atoms with van der Waals surface area (Å²) in [7, 11) is 1.65. The summed E-state index contributed by atoms with van der Waals surface area (Å²) in [6.45, 7) is 6.47. The van der Waals surface area contributed by atoms with Gasteiger partial charge in [-0.3, -0.25) is 9.59 Å². The van der Waals surface area contributed by atoms with Gasteiger partial charge in [-0.25, -0.2) is 4.98 Å². The van der Waals surface area contributed by atoms with Gasteiger partial charge in [-0.2, -0.15) is 0 Å². The Hall–Kier alpha value is -2.40. The number of allylic oxidation sites excluding steroid dienone is 1. The quantitative estimate of drug-likeness (QED) is 0.571. The molecule has 1 aliphatic heterocycles. The molecule has 0 saturated carbocycles. The first-order valence-corrected chi connectivity index (χ1v) is 9.80. The molecule has 2 heterocycles. The van der Waals surface area contributed by atoms with Gasteiger partial charge in [0.25, 0.3) is 0 Å². The van der Waals surface area contributed by atoms with Gasteiger partial charge in [-0.15, -0.1) is 0 Å². The number of halogens is 1. The van der Waals surface area contributed by atoms with Gasteiger partial charge >= 0.3 is 5.97 Å². The molecule has 5 nitrogen and oxygen atoms in total. The zero-order valence-electron chi connectivity index (χ0n) is 16.4. The Morgan fingerprint density at radius 2 is 1.86 bits per heavy atom. The second kappa shape index (κ2) is 6.31. The van der Waals surface area contributed by atoms with Crippen molar-refractivity contribution in [1.82, 2.24) is 9.88 Å². The summed E-state index contributed by atoms with van der Waals surface area (Å²) in [5.41, 5.74) is 3.42.